The number of hydrogen-bond donors (Lipinski definition) is 1. The molecule has 2 atom stereocenters. The standard InChI is InChI=1S/C30H29BrN2O5/c1-36-25-16-14-24(15-17-25)32-29(22-11-7-4-8-12-22)26(33(34)35)19-23-13-18-27(37-2)30(28(23)31)38-20-21-9-5-3-6-10-21/h3-18,26,29,32H,19-20H2,1-2H3/t26-,29+/m0/s1. The van der Waals surface area contributed by atoms with Gasteiger partial charge in [0.25, 0.3) is 0 Å². The fourth-order valence-electron chi connectivity index (χ4n) is 4.23. The molecule has 8 heteroatoms. The number of ether oxygens (including phenoxy) is 3. The molecule has 0 spiro atoms. The van der Waals surface area contributed by atoms with E-state index in [0.29, 0.717) is 28.3 Å². The highest BCUT2D eigenvalue weighted by molar-refractivity contribution is 9.10. The van der Waals surface area contributed by atoms with Gasteiger partial charge in [-0.2, -0.15) is 0 Å². The van der Waals surface area contributed by atoms with Crippen LogP contribution in [-0.4, -0.2) is 25.2 Å². The van der Waals surface area contributed by atoms with Crippen LogP contribution in [0.5, 0.6) is 17.2 Å². The Hall–Kier alpha value is -4.04. The van der Waals surface area contributed by atoms with Gasteiger partial charge in [-0.1, -0.05) is 66.7 Å². The van der Waals surface area contributed by atoms with Crippen molar-refractivity contribution in [2.45, 2.75) is 25.1 Å². The van der Waals surface area contributed by atoms with E-state index in [4.69, 9.17) is 14.2 Å². The fraction of sp³-hybridized carbons (Fsp3) is 0.200. The molecule has 4 aromatic rings. The number of benzene rings is 4. The zero-order valence-electron chi connectivity index (χ0n) is 21.2. The van der Waals surface area contributed by atoms with Gasteiger partial charge in [-0.3, -0.25) is 10.1 Å². The van der Waals surface area contributed by atoms with Crippen LogP contribution in [0, 0.1) is 10.1 Å². The summed E-state index contributed by atoms with van der Waals surface area (Å²) >= 11 is 3.65. The number of halogens is 1. The first-order valence-electron chi connectivity index (χ1n) is 12.1. The molecule has 4 aromatic carbocycles. The van der Waals surface area contributed by atoms with Crippen LogP contribution in [0.4, 0.5) is 5.69 Å². The molecule has 196 valence electrons. The predicted molar refractivity (Wildman–Crippen MR) is 152 cm³/mol. The molecule has 0 aliphatic carbocycles. The van der Waals surface area contributed by atoms with E-state index in [0.717, 1.165) is 22.4 Å². The van der Waals surface area contributed by atoms with E-state index < -0.39 is 12.1 Å². The number of nitro groups is 1. The van der Waals surface area contributed by atoms with Gasteiger partial charge in [0.1, 0.15) is 18.4 Å². The Morgan fingerprint density at radius 3 is 2.13 bits per heavy atom. The zero-order chi connectivity index (χ0) is 26.9. The average Bonchev–Trinajstić information content (AvgIpc) is 2.96. The predicted octanol–water partition coefficient (Wildman–Crippen LogP) is 7.09. The first-order chi connectivity index (χ1) is 18.5. The van der Waals surface area contributed by atoms with Gasteiger partial charge < -0.3 is 19.5 Å². The number of rotatable bonds is 12. The molecule has 0 unspecified atom stereocenters. The molecule has 0 fully saturated rings. The Morgan fingerprint density at radius 2 is 1.53 bits per heavy atom. The van der Waals surface area contributed by atoms with Crippen LogP contribution in [0.3, 0.4) is 0 Å². The van der Waals surface area contributed by atoms with E-state index >= 15 is 0 Å². The van der Waals surface area contributed by atoms with Crippen molar-refractivity contribution in [1.82, 2.24) is 0 Å². The molecular weight excluding hydrogens is 548 g/mol. The molecule has 38 heavy (non-hydrogen) atoms. The molecule has 0 bridgehead atoms. The van der Waals surface area contributed by atoms with Crippen LogP contribution >= 0.6 is 15.9 Å². The molecule has 0 radical (unpaired) electrons. The van der Waals surface area contributed by atoms with Crippen molar-refractivity contribution in [1.29, 1.82) is 0 Å². The molecule has 1 N–H and O–H groups in total. The molecule has 7 nitrogen and oxygen atoms in total. The number of hydrogen-bond acceptors (Lipinski definition) is 6. The summed E-state index contributed by atoms with van der Waals surface area (Å²) in [5.74, 6) is 1.77. The second kappa shape index (κ2) is 13.0. The van der Waals surface area contributed by atoms with Crippen LogP contribution in [0.15, 0.2) is 102 Å². The second-order valence-corrected chi connectivity index (χ2v) is 9.46. The number of nitrogens with one attached hydrogen (secondary N) is 1. The first kappa shape index (κ1) is 27.0. The third kappa shape index (κ3) is 6.63. The SMILES string of the molecule is COc1ccc(N[C@H](c2ccccc2)[C@H](Cc2ccc(OC)c(OCc3ccccc3)c2Br)[N+](=O)[O-])cc1. The van der Waals surface area contributed by atoms with Gasteiger partial charge >= 0.3 is 0 Å². The molecule has 0 amide bonds. The van der Waals surface area contributed by atoms with E-state index in [9.17, 15) is 10.1 Å². The lowest BCUT2D eigenvalue weighted by Gasteiger charge is -2.25. The summed E-state index contributed by atoms with van der Waals surface area (Å²) in [6.45, 7) is 0.337. The minimum atomic E-state index is -0.980. The summed E-state index contributed by atoms with van der Waals surface area (Å²) in [6, 6.07) is 28.6. The van der Waals surface area contributed by atoms with Crippen molar-refractivity contribution >= 4 is 21.6 Å². The normalized spacial score (nSPS) is 12.3. The lowest BCUT2D eigenvalue weighted by molar-refractivity contribution is -0.525. The Kier molecular flexibility index (Phi) is 9.21. The maximum atomic E-state index is 12.5. The summed E-state index contributed by atoms with van der Waals surface area (Å²) in [4.78, 5) is 12.3. The Bertz CT molecular complexity index is 1330. The zero-order valence-corrected chi connectivity index (χ0v) is 22.8. The van der Waals surface area contributed by atoms with Crippen molar-refractivity contribution in [2.24, 2.45) is 0 Å². The third-order valence-corrected chi connectivity index (χ3v) is 7.11. The van der Waals surface area contributed by atoms with Crippen LogP contribution in [0.25, 0.3) is 0 Å². The van der Waals surface area contributed by atoms with E-state index in [2.05, 4.69) is 21.2 Å². The lowest BCUT2D eigenvalue weighted by atomic mass is 9.93. The van der Waals surface area contributed by atoms with Gasteiger partial charge in [0.15, 0.2) is 11.5 Å². The van der Waals surface area contributed by atoms with Crippen molar-refractivity contribution in [2.75, 3.05) is 19.5 Å². The van der Waals surface area contributed by atoms with Crippen molar-refractivity contribution in [3.8, 4) is 17.2 Å². The Morgan fingerprint density at radius 1 is 0.868 bits per heavy atom. The number of methoxy groups -OCH3 is 2. The van der Waals surface area contributed by atoms with Gasteiger partial charge in [0.05, 0.1) is 18.7 Å². The average molecular weight is 577 g/mol. The summed E-state index contributed by atoms with van der Waals surface area (Å²) in [5.41, 5.74) is 3.32. The highest BCUT2D eigenvalue weighted by atomic mass is 79.9. The summed E-state index contributed by atoms with van der Waals surface area (Å²) in [6.07, 6.45) is 0.155. The summed E-state index contributed by atoms with van der Waals surface area (Å²) in [7, 11) is 3.17. The molecule has 0 aliphatic heterocycles. The van der Waals surface area contributed by atoms with Gasteiger partial charge in [-0.25, -0.2) is 0 Å². The highest BCUT2D eigenvalue weighted by Crippen LogP contribution is 2.40. The van der Waals surface area contributed by atoms with Crippen LogP contribution in [-0.2, 0) is 13.0 Å². The number of anilines is 1. The molecule has 4 rings (SSSR count). The third-order valence-electron chi connectivity index (χ3n) is 6.24. The van der Waals surface area contributed by atoms with Crippen molar-refractivity contribution in [3.05, 3.63) is 128 Å². The monoisotopic (exact) mass is 576 g/mol. The largest absolute Gasteiger partial charge is 0.497 e. The second-order valence-electron chi connectivity index (χ2n) is 8.66. The Balaban J connectivity index is 1.65. The quantitative estimate of drug-likeness (QED) is 0.143. The highest BCUT2D eigenvalue weighted by Gasteiger charge is 2.34. The van der Waals surface area contributed by atoms with Gasteiger partial charge in [0.2, 0.25) is 6.04 Å². The maximum Gasteiger partial charge on any atom is 0.241 e. The van der Waals surface area contributed by atoms with Gasteiger partial charge in [0, 0.05) is 17.0 Å². The molecule has 0 aliphatic rings. The van der Waals surface area contributed by atoms with E-state index in [-0.39, 0.29) is 11.3 Å². The Labute approximate surface area is 230 Å². The molecule has 0 saturated carbocycles. The topological polar surface area (TPSA) is 82.9 Å². The van der Waals surface area contributed by atoms with Crippen molar-refractivity contribution < 1.29 is 19.1 Å². The maximum absolute atomic E-state index is 12.5. The molecular formula is C30H29BrN2O5. The van der Waals surface area contributed by atoms with Gasteiger partial charge in [-0.05, 0) is 63.0 Å². The summed E-state index contributed by atoms with van der Waals surface area (Å²) < 4.78 is 17.5. The minimum Gasteiger partial charge on any atom is -0.497 e. The van der Waals surface area contributed by atoms with Crippen molar-refractivity contribution in [3.63, 3.8) is 0 Å². The molecule has 0 heterocycles. The van der Waals surface area contributed by atoms with Gasteiger partial charge in [-0.15, -0.1) is 0 Å². The lowest BCUT2D eigenvalue weighted by Crippen LogP contribution is -2.34. The number of nitrogens with zero attached hydrogens (tertiary/aromatic N) is 1. The summed E-state index contributed by atoms with van der Waals surface area (Å²) in [5, 5.41) is 15.9. The minimum absolute atomic E-state index is 0.155. The molecule has 0 aromatic heterocycles. The van der Waals surface area contributed by atoms with Crippen LogP contribution < -0.4 is 19.5 Å². The van der Waals surface area contributed by atoms with E-state index in [1.807, 2.05) is 91.0 Å². The first-order valence-corrected chi connectivity index (χ1v) is 12.9. The van der Waals surface area contributed by atoms with E-state index in [1.165, 1.54) is 0 Å². The molecule has 0 saturated heterocycles. The van der Waals surface area contributed by atoms with Crippen LogP contribution in [0.2, 0.25) is 0 Å². The van der Waals surface area contributed by atoms with Crippen LogP contribution in [0.1, 0.15) is 22.7 Å². The fourth-order valence-corrected chi connectivity index (χ4v) is 4.83. The smallest absolute Gasteiger partial charge is 0.241 e. The van der Waals surface area contributed by atoms with E-state index in [1.54, 1.807) is 20.3 Å².